The van der Waals surface area contributed by atoms with Crippen molar-refractivity contribution in [1.29, 1.82) is 0 Å². The van der Waals surface area contributed by atoms with E-state index in [1.165, 1.54) is 41.5 Å². The SMILES string of the molecule is COCCN(CCOC12CC3(C)CC(C)(CC(Cn4ncc(-c5ccc(N6CCc7c(OC)ccc(C(=O)Nc8nc9ccccc9s8)c7C6)nc5C(=O)O)c4C)(C3)C1)C2)C(=O)OCc1ccc(O[C@@H]2O[C@H](C(=O)O)[C@@H](O)[C@H](O)[C@H]2O)cc1OCCOCCCC(=O)CN1C(=O)C=CC1=O. The van der Waals surface area contributed by atoms with E-state index in [4.69, 9.17) is 48.0 Å². The molecule has 4 saturated carbocycles. The van der Waals surface area contributed by atoms with Gasteiger partial charge in [-0.25, -0.2) is 24.4 Å². The van der Waals surface area contributed by atoms with Crippen LogP contribution in [0.3, 0.4) is 0 Å². The van der Waals surface area contributed by atoms with Crippen molar-refractivity contribution < 1.29 is 97.0 Å². The van der Waals surface area contributed by atoms with Crippen LogP contribution in [0.2, 0.25) is 0 Å². The molecular formula is C71H82N8O20S. The first-order chi connectivity index (χ1) is 47.9. The van der Waals surface area contributed by atoms with E-state index in [0.29, 0.717) is 64.9 Å². The zero-order chi connectivity index (χ0) is 70.8. The van der Waals surface area contributed by atoms with Gasteiger partial charge in [0.15, 0.2) is 22.7 Å². The number of aromatic nitrogens is 4. The van der Waals surface area contributed by atoms with Crippen LogP contribution >= 0.6 is 11.3 Å². The average molecular weight is 1400 g/mol. The number of fused-ring (bicyclic) bond motifs is 2. The molecular weight excluding hydrogens is 1320 g/mol. The number of carboxylic acids is 2. The summed E-state index contributed by atoms with van der Waals surface area (Å²) in [5.41, 5.74) is 4.08. The molecule has 6 heterocycles. The number of nitrogens with zero attached hydrogens (tertiary/aromatic N) is 7. The van der Waals surface area contributed by atoms with Crippen LogP contribution in [0.5, 0.6) is 17.2 Å². The molecule has 4 bridgehead atoms. The van der Waals surface area contributed by atoms with E-state index in [0.717, 1.165) is 82.6 Å². The maximum Gasteiger partial charge on any atom is 0.410 e. The number of imide groups is 1. The number of carbonyl (C=O) groups is 7. The number of nitrogens with one attached hydrogen (secondary N) is 1. The fraction of sp³-hybridized carbons (Fsp3) is 0.493. The number of aliphatic hydroxyl groups is 3. The highest BCUT2D eigenvalue weighted by Crippen LogP contribution is 2.72. The van der Waals surface area contributed by atoms with Crippen molar-refractivity contribution in [1.82, 2.24) is 29.5 Å². The number of hydrogen-bond acceptors (Lipinski definition) is 23. The Morgan fingerprint density at radius 2 is 1.56 bits per heavy atom. The van der Waals surface area contributed by atoms with Crippen LogP contribution in [-0.4, -0.2) is 206 Å². The summed E-state index contributed by atoms with van der Waals surface area (Å²) in [4.78, 5) is 103. The van der Waals surface area contributed by atoms with Crippen LogP contribution in [0.1, 0.15) is 108 Å². The molecule has 3 aromatic carbocycles. The lowest BCUT2D eigenvalue weighted by Crippen LogP contribution is -2.64. The predicted octanol–water partition coefficient (Wildman–Crippen LogP) is 6.75. The number of methoxy groups -OCH3 is 2. The van der Waals surface area contributed by atoms with Crippen molar-refractivity contribution in [3.05, 3.63) is 119 Å². The third-order valence-electron chi connectivity index (χ3n) is 19.8. The summed E-state index contributed by atoms with van der Waals surface area (Å²) in [6, 6.07) is 19.2. The highest BCUT2D eigenvalue weighted by molar-refractivity contribution is 7.22. The van der Waals surface area contributed by atoms with Gasteiger partial charge in [0.25, 0.3) is 17.7 Å². The normalized spacial score (nSPS) is 25.1. The smallest absolute Gasteiger partial charge is 0.410 e. The summed E-state index contributed by atoms with van der Waals surface area (Å²) < 4.78 is 50.1. The number of para-hydroxylation sites is 1. The van der Waals surface area contributed by atoms with Crippen LogP contribution in [-0.2, 0) is 69.0 Å². The van der Waals surface area contributed by atoms with Crippen molar-refractivity contribution in [2.45, 2.75) is 135 Å². The van der Waals surface area contributed by atoms with E-state index in [-0.39, 0.29) is 117 Å². The number of carboxylic acid groups (broad SMARTS) is 2. The number of carbonyl (C=O) groups excluding carboxylic acids is 5. The zero-order valence-electron chi connectivity index (χ0n) is 56.2. The van der Waals surface area contributed by atoms with Crippen molar-refractivity contribution in [3.63, 3.8) is 0 Å². The molecule has 1 saturated heterocycles. The molecule has 5 fully saturated rings. The Kier molecular flexibility index (Phi) is 20.8. The number of benzene rings is 3. The van der Waals surface area contributed by atoms with Gasteiger partial charge in [0, 0.05) is 105 Å². The molecule has 29 heteroatoms. The molecule has 4 aliphatic carbocycles. The molecule has 6 N–H and O–H groups in total. The van der Waals surface area contributed by atoms with E-state index < -0.39 is 66.2 Å². The topological polar surface area (TPSA) is 360 Å². The largest absolute Gasteiger partial charge is 0.496 e. The number of aliphatic hydroxyl groups excluding tert-OH is 3. The fourth-order valence-electron chi connectivity index (χ4n) is 16.4. The first-order valence-electron chi connectivity index (χ1n) is 33.3. The quantitative estimate of drug-likeness (QED) is 0.0201. The van der Waals surface area contributed by atoms with Crippen molar-refractivity contribution in [3.8, 4) is 28.4 Å². The minimum atomic E-state index is -1.95. The first-order valence-corrected chi connectivity index (χ1v) is 34.1. The number of pyridine rings is 1. The van der Waals surface area contributed by atoms with Gasteiger partial charge in [0.2, 0.25) is 6.29 Å². The highest BCUT2D eigenvalue weighted by atomic mass is 32.1. The summed E-state index contributed by atoms with van der Waals surface area (Å²) in [6.45, 7) is 8.08. The molecule has 0 spiro atoms. The number of ketones is 1. The second-order valence-corrected chi connectivity index (χ2v) is 28.7. The monoisotopic (exact) mass is 1400 g/mol. The van der Waals surface area contributed by atoms with E-state index >= 15 is 0 Å². The minimum absolute atomic E-state index is 0.0107. The molecule has 28 nitrogen and oxygen atoms in total. The number of anilines is 2. The first kappa shape index (κ1) is 70.9. The lowest BCUT2D eigenvalue weighted by Gasteiger charge is -2.69. The molecule has 7 atom stereocenters. The summed E-state index contributed by atoms with van der Waals surface area (Å²) in [7, 11) is 3.12. The number of rotatable bonds is 30. The number of ether oxygens (including phenoxy) is 8. The molecule has 100 heavy (non-hydrogen) atoms. The summed E-state index contributed by atoms with van der Waals surface area (Å²) >= 11 is 1.39. The summed E-state index contributed by atoms with van der Waals surface area (Å²) in [5, 5.41) is 60.3. The Bertz CT molecular complexity index is 4090. The predicted molar refractivity (Wildman–Crippen MR) is 359 cm³/mol. The van der Waals surface area contributed by atoms with Gasteiger partial charge in [0.1, 0.15) is 54.6 Å². The third-order valence-corrected chi connectivity index (χ3v) is 20.7. The number of aliphatic carboxylic acids is 1. The van der Waals surface area contributed by atoms with Gasteiger partial charge in [-0.15, -0.1) is 0 Å². The zero-order valence-corrected chi connectivity index (χ0v) is 57.0. The molecule has 3 aliphatic heterocycles. The molecule has 2 unspecified atom stereocenters. The maximum absolute atomic E-state index is 14.2. The summed E-state index contributed by atoms with van der Waals surface area (Å²) in [5.74, 6) is -3.31. The summed E-state index contributed by atoms with van der Waals surface area (Å²) in [6.07, 6.45) is -0.00571. The van der Waals surface area contributed by atoms with Crippen LogP contribution < -0.4 is 24.4 Å². The molecule has 3 aromatic heterocycles. The Morgan fingerprint density at radius 1 is 0.800 bits per heavy atom. The average Bonchev–Trinajstić information content (AvgIpc) is 0.801. The Hall–Kier alpha value is -8.94. The Morgan fingerprint density at radius 3 is 2.29 bits per heavy atom. The number of thiazole rings is 1. The van der Waals surface area contributed by atoms with Gasteiger partial charge in [-0.2, -0.15) is 5.10 Å². The van der Waals surface area contributed by atoms with Gasteiger partial charge in [0.05, 0.1) is 55.5 Å². The molecule has 4 amide bonds. The van der Waals surface area contributed by atoms with Crippen LogP contribution in [0.25, 0.3) is 21.3 Å². The third kappa shape index (κ3) is 15.2. The highest BCUT2D eigenvalue weighted by Gasteiger charge is 2.66. The lowest BCUT2D eigenvalue weighted by molar-refractivity contribution is -0.271. The standard InChI is InChI=1S/C71H82N8O20S/c1-41-48(46-15-17-54(74-57(46)63(87)88)77-21-20-45-49(32-77)47(14-16-51(45)93-5)62(86)75-66-73-50-10-6-7-11-53(50)100-66)30-72-79(41)40-70-35-68(2)34-69(3,36-70)38-71(37-68,39-70)97-26-23-76(22-25-92-4)67(91)96-33-42-12-13-44(98-65-60(85)58(83)59(84)61(99-65)64(89)90)29-52(42)95-28-27-94-24-8-9-43(80)31-78-55(81)18-19-56(78)82/h6-7,10-19,29-30,58-61,65,83-85H,8-9,20-28,31-40H2,1-5H3,(H,87,88)(H,89,90)(H,73,75,86)/t58-,59-,60+,61-,65+,68?,69?,70?,71?/m0/s1. The van der Waals surface area contributed by atoms with E-state index in [1.54, 1.807) is 31.5 Å². The Labute approximate surface area is 579 Å². The second kappa shape index (κ2) is 29.3. The van der Waals surface area contributed by atoms with Crippen LogP contribution in [0.15, 0.2) is 85.1 Å². The van der Waals surface area contributed by atoms with Crippen molar-refractivity contribution >= 4 is 74.0 Å². The van der Waals surface area contributed by atoms with E-state index in [1.807, 2.05) is 46.8 Å². The van der Waals surface area contributed by atoms with Gasteiger partial charge >= 0.3 is 18.0 Å². The van der Waals surface area contributed by atoms with E-state index in [2.05, 4.69) is 24.1 Å². The molecule has 532 valence electrons. The number of aromatic carboxylic acids is 1. The molecule has 7 aliphatic rings. The second-order valence-electron chi connectivity index (χ2n) is 27.6. The van der Waals surface area contributed by atoms with Gasteiger partial charge in [-0.05, 0) is 129 Å². The van der Waals surface area contributed by atoms with Gasteiger partial charge < -0.3 is 73.2 Å². The van der Waals surface area contributed by atoms with Crippen molar-refractivity contribution in [2.24, 2.45) is 16.2 Å². The lowest BCUT2D eigenvalue weighted by atomic mass is 9.39. The van der Waals surface area contributed by atoms with E-state index in [9.17, 15) is 59.1 Å². The fourth-order valence-corrected chi connectivity index (χ4v) is 17.3. The van der Waals surface area contributed by atoms with Crippen molar-refractivity contribution in [2.75, 3.05) is 83.6 Å². The van der Waals surface area contributed by atoms with Gasteiger partial charge in [-0.1, -0.05) is 37.3 Å². The number of Topliss-reactive ketones (excluding diaryl/α,β-unsaturated/α-hetero) is 1. The number of amides is 4. The Balaban J connectivity index is 0.696. The molecule has 13 rings (SSSR count). The van der Waals surface area contributed by atoms with Crippen LogP contribution in [0, 0.1) is 23.2 Å². The van der Waals surface area contributed by atoms with Gasteiger partial charge in [-0.3, -0.25) is 34.1 Å². The molecule has 0 radical (unpaired) electrons. The maximum atomic E-state index is 14.2. The minimum Gasteiger partial charge on any atom is -0.496 e. The van der Waals surface area contributed by atoms with Crippen LogP contribution in [0.4, 0.5) is 15.7 Å². The molecule has 6 aromatic rings. The number of hydrogen-bond donors (Lipinski definition) is 6.